The van der Waals surface area contributed by atoms with Gasteiger partial charge in [-0.15, -0.1) is 0 Å². The highest BCUT2D eigenvalue weighted by Crippen LogP contribution is 2.46. The number of nitrogens with zero attached hydrogens (tertiary/aromatic N) is 4. The molecular formula is C50H30N4O2. The van der Waals surface area contributed by atoms with E-state index in [9.17, 15) is 0 Å². The summed E-state index contributed by atoms with van der Waals surface area (Å²) in [6, 6.07) is 61.6. The highest BCUT2D eigenvalue weighted by Gasteiger charge is 2.24. The monoisotopic (exact) mass is 718 g/mol. The number of rotatable bonds is 6. The van der Waals surface area contributed by atoms with E-state index < -0.39 is 0 Å². The van der Waals surface area contributed by atoms with E-state index in [1.807, 2.05) is 97.1 Å². The molecule has 56 heavy (non-hydrogen) atoms. The Bertz CT molecular complexity index is 3240. The number of oxazole rings is 1. The van der Waals surface area contributed by atoms with Gasteiger partial charge in [0.1, 0.15) is 16.7 Å². The summed E-state index contributed by atoms with van der Waals surface area (Å²) in [4.78, 5) is 20.6. The van der Waals surface area contributed by atoms with Crippen LogP contribution in [0.1, 0.15) is 0 Å². The average Bonchev–Trinajstić information content (AvgIpc) is 3.87. The first-order valence-corrected chi connectivity index (χ1v) is 18.6. The van der Waals surface area contributed by atoms with Crippen LogP contribution in [0.25, 0.3) is 112 Å². The Morgan fingerprint density at radius 3 is 1.71 bits per heavy atom. The summed E-state index contributed by atoms with van der Waals surface area (Å²) in [6.45, 7) is 0. The summed E-state index contributed by atoms with van der Waals surface area (Å²) in [7, 11) is 0. The molecule has 0 aliphatic carbocycles. The van der Waals surface area contributed by atoms with E-state index in [0.717, 1.165) is 77.2 Å². The minimum absolute atomic E-state index is 0.547. The molecule has 0 aliphatic rings. The molecule has 6 nitrogen and oxygen atoms in total. The lowest BCUT2D eigenvalue weighted by atomic mass is 9.91. The van der Waals surface area contributed by atoms with Crippen LogP contribution in [0.5, 0.6) is 0 Å². The predicted octanol–water partition coefficient (Wildman–Crippen LogP) is 13.1. The van der Waals surface area contributed by atoms with Crippen LogP contribution in [0.4, 0.5) is 0 Å². The topological polar surface area (TPSA) is 77.8 Å². The first-order valence-electron chi connectivity index (χ1n) is 18.6. The number of aromatic nitrogens is 4. The Morgan fingerprint density at radius 2 is 0.946 bits per heavy atom. The minimum Gasteiger partial charge on any atom is -0.456 e. The highest BCUT2D eigenvalue weighted by atomic mass is 16.4. The first kappa shape index (κ1) is 31.8. The normalized spacial score (nSPS) is 11.6. The fourth-order valence-corrected chi connectivity index (χ4v) is 7.77. The first-order chi connectivity index (χ1) is 27.7. The lowest BCUT2D eigenvalue weighted by Crippen LogP contribution is -2.01. The summed E-state index contributed by atoms with van der Waals surface area (Å²) in [5.74, 6) is 2.30. The van der Waals surface area contributed by atoms with Crippen molar-refractivity contribution in [3.63, 3.8) is 0 Å². The zero-order valence-corrected chi connectivity index (χ0v) is 29.9. The highest BCUT2D eigenvalue weighted by molar-refractivity contribution is 6.22. The fourth-order valence-electron chi connectivity index (χ4n) is 7.77. The molecule has 0 bridgehead atoms. The maximum Gasteiger partial charge on any atom is 0.227 e. The minimum atomic E-state index is 0.547. The largest absolute Gasteiger partial charge is 0.456 e. The third kappa shape index (κ3) is 5.35. The van der Waals surface area contributed by atoms with Crippen LogP contribution >= 0.6 is 0 Å². The molecule has 0 spiro atoms. The van der Waals surface area contributed by atoms with E-state index in [1.54, 1.807) is 0 Å². The van der Waals surface area contributed by atoms with E-state index in [0.29, 0.717) is 34.5 Å². The fraction of sp³-hybridized carbons (Fsp3) is 0. The van der Waals surface area contributed by atoms with Crippen molar-refractivity contribution in [2.75, 3.05) is 0 Å². The molecule has 3 aromatic heterocycles. The second-order valence-corrected chi connectivity index (χ2v) is 13.8. The van der Waals surface area contributed by atoms with Crippen molar-refractivity contribution >= 4 is 43.8 Å². The van der Waals surface area contributed by atoms with Gasteiger partial charge in [-0.2, -0.15) is 0 Å². The SMILES string of the molecule is c1ccc(-c2nc(-c3cc(-c4c5oc(-c6ccccc6)nc5cc5oc6ccccc6c45)c4ccccc4c3)nc(-c3ccccc3-c3ccccc3)n2)cc1. The smallest absolute Gasteiger partial charge is 0.227 e. The van der Waals surface area contributed by atoms with Gasteiger partial charge in [-0.3, -0.25) is 0 Å². The molecule has 262 valence electrons. The van der Waals surface area contributed by atoms with Gasteiger partial charge >= 0.3 is 0 Å². The summed E-state index contributed by atoms with van der Waals surface area (Å²) < 4.78 is 13.3. The Morgan fingerprint density at radius 1 is 0.357 bits per heavy atom. The Balaban J connectivity index is 1.21. The van der Waals surface area contributed by atoms with Crippen LogP contribution in [0.2, 0.25) is 0 Å². The van der Waals surface area contributed by atoms with Gasteiger partial charge < -0.3 is 8.83 Å². The zero-order chi connectivity index (χ0) is 37.0. The van der Waals surface area contributed by atoms with Crippen molar-refractivity contribution < 1.29 is 8.83 Å². The molecule has 6 heteroatoms. The molecule has 11 aromatic rings. The van der Waals surface area contributed by atoms with E-state index >= 15 is 0 Å². The van der Waals surface area contributed by atoms with E-state index in [4.69, 9.17) is 28.8 Å². The zero-order valence-electron chi connectivity index (χ0n) is 29.9. The molecule has 0 saturated heterocycles. The average molecular weight is 719 g/mol. The standard InChI is InChI=1S/C50H30N4O2/c1-4-16-31(17-5-1)36-23-12-13-25-38(36)49-53-47(32-18-6-2-7-19-32)52-48(54-49)35-28-34-22-10-11-24-37(34)40(29-35)45-44-39-26-14-15-27-42(39)55-43(44)30-41-46(45)56-50(51-41)33-20-8-3-9-21-33/h1-30H. The third-order valence-electron chi connectivity index (χ3n) is 10.4. The van der Waals surface area contributed by atoms with Crippen molar-refractivity contribution in [2.24, 2.45) is 0 Å². The molecule has 0 aliphatic heterocycles. The number of hydrogen-bond acceptors (Lipinski definition) is 6. The Hall–Kier alpha value is -7.70. The molecular weight excluding hydrogens is 689 g/mol. The molecule has 11 rings (SSSR count). The maximum atomic E-state index is 6.78. The second kappa shape index (κ2) is 13.0. The molecule has 0 saturated carbocycles. The molecule has 8 aromatic carbocycles. The molecule has 0 atom stereocenters. The molecule has 3 heterocycles. The van der Waals surface area contributed by atoms with Crippen LogP contribution in [-0.2, 0) is 0 Å². The van der Waals surface area contributed by atoms with Crippen molar-refractivity contribution in [1.29, 1.82) is 0 Å². The van der Waals surface area contributed by atoms with Crippen LogP contribution in [0.15, 0.2) is 191 Å². The van der Waals surface area contributed by atoms with Gasteiger partial charge in [0.2, 0.25) is 5.89 Å². The Kier molecular flexibility index (Phi) is 7.38. The van der Waals surface area contributed by atoms with Crippen molar-refractivity contribution in [3.8, 4) is 67.9 Å². The van der Waals surface area contributed by atoms with E-state index in [2.05, 4.69) is 84.9 Å². The summed E-state index contributed by atoms with van der Waals surface area (Å²) in [6.07, 6.45) is 0. The number of furan rings is 1. The van der Waals surface area contributed by atoms with Crippen LogP contribution in [0, 0.1) is 0 Å². The molecule has 0 fully saturated rings. The number of para-hydroxylation sites is 1. The van der Waals surface area contributed by atoms with Crippen molar-refractivity contribution in [1.82, 2.24) is 19.9 Å². The summed E-state index contributed by atoms with van der Waals surface area (Å²) in [5, 5.41) is 4.05. The molecule has 0 N–H and O–H groups in total. The third-order valence-corrected chi connectivity index (χ3v) is 10.4. The summed E-state index contributed by atoms with van der Waals surface area (Å²) in [5.41, 5.74) is 10.5. The number of fused-ring (bicyclic) bond motifs is 5. The van der Waals surface area contributed by atoms with Gasteiger partial charge in [0.25, 0.3) is 0 Å². The molecule has 0 unspecified atom stereocenters. The van der Waals surface area contributed by atoms with E-state index in [-0.39, 0.29) is 0 Å². The molecule has 0 radical (unpaired) electrons. The van der Waals surface area contributed by atoms with Gasteiger partial charge in [0.05, 0.1) is 0 Å². The van der Waals surface area contributed by atoms with Crippen LogP contribution < -0.4 is 0 Å². The van der Waals surface area contributed by atoms with Crippen LogP contribution in [0.3, 0.4) is 0 Å². The number of benzene rings is 8. The quantitative estimate of drug-likeness (QED) is 0.170. The lowest BCUT2D eigenvalue weighted by molar-refractivity contribution is 0.621. The van der Waals surface area contributed by atoms with Gasteiger partial charge in [-0.25, -0.2) is 19.9 Å². The second-order valence-electron chi connectivity index (χ2n) is 13.8. The lowest BCUT2D eigenvalue weighted by Gasteiger charge is -2.14. The number of hydrogen-bond donors (Lipinski definition) is 0. The predicted molar refractivity (Wildman–Crippen MR) is 225 cm³/mol. The van der Waals surface area contributed by atoms with Gasteiger partial charge in [0.15, 0.2) is 23.1 Å². The summed E-state index contributed by atoms with van der Waals surface area (Å²) >= 11 is 0. The van der Waals surface area contributed by atoms with Gasteiger partial charge in [-0.1, -0.05) is 146 Å². The van der Waals surface area contributed by atoms with Crippen molar-refractivity contribution in [2.45, 2.75) is 0 Å². The van der Waals surface area contributed by atoms with E-state index in [1.165, 1.54) is 0 Å². The van der Waals surface area contributed by atoms with Crippen LogP contribution in [-0.4, -0.2) is 19.9 Å². The van der Waals surface area contributed by atoms with Crippen molar-refractivity contribution in [3.05, 3.63) is 182 Å². The molecule has 0 amide bonds. The Labute approximate surface area is 321 Å². The van der Waals surface area contributed by atoms with Gasteiger partial charge in [-0.05, 0) is 57.8 Å². The van der Waals surface area contributed by atoms with Gasteiger partial charge in [0, 0.05) is 44.7 Å². The maximum absolute atomic E-state index is 6.78.